The van der Waals surface area contributed by atoms with Gasteiger partial charge in [-0.3, -0.25) is 0 Å². The molecule has 0 saturated carbocycles. The van der Waals surface area contributed by atoms with Gasteiger partial charge in [-0.2, -0.15) is 5.26 Å². The Labute approximate surface area is 164 Å². The predicted octanol–water partition coefficient (Wildman–Crippen LogP) is 5.83. The maximum absolute atomic E-state index is 14.3. The van der Waals surface area contributed by atoms with Crippen LogP contribution in [0.5, 0.6) is 5.75 Å². The number of rotatable bonds is 5. The van der Waals surface area contributed by atoms with Gasteiger partial charge in [0.25, 0.3) is 0 Å². The third kappa shape index (κ3) is 4.06. The van der Waals surface area contributed by atoms with Gasteiger partial charge in [0.15, 0.2) is 5.82 Å². The van der Waals surface area contributed by atoms with Gasteiger partial charge in [-0.1, -0.05) is 13.3 Å². The molecule has 0 aromatic heterocycles. The zero-order valence-electron chi connectivity index (χ0n) is 15.4. The molecule has 0 spiro atoms. The van der Waals surface area contributed by atoms with Crippen LogP contribution in [-0.4, -0.2) is 5.97 Å². The Balaban J connectivity index is 1.91. The Morgan fingerprint density at radius 2 is 1.72 bits per heavy atom. The first-order valence-electron chi connectivity index (χ1n) is 8.87. The molecule has 3 nitrogen and oxygen atoms in total. The standard InChI is InChI=1S/C22H15F4NO2/c1-2-3-4-12-7-18(24)20(19(25)8-12)22(28)29-14-5-6-15-13(9-14)10-17(23)16(11-27)21(15)26/h5-10H,2-4H2,1H3. The van der Waals surface area contributed by atoms with Crippen LogP contribution in [0.2, 0.25) is 0 Å². The maximum Gasteiger partial charge on any atom is 0.349 e. The fourth-order valence-corrected chi connectivity index (χ4v) is 2.98. The van der Waals surface area contributed by atoms with Crippen LogP contribution in [-0.2, 0) is 6.42 Å². The van der Waals surface area contributed by atoms with Gasteiger partial charge in [0.05, 0.1) is 0 Å². The van der Waals surface area contributed by atoms with Crippen LogP contribution in [0, 0.1) is 34.6 Å². The van der Waals surface area contributed by atoms with Crippen molar-refractivity contribution in [2.75, 3.05) is 0 Å². The number of ether oxygens (including phenoxy) is 1. The van der Waals surface area contributed by atoms with E-state index in [-0.39, 0.29) is 16.5 Å². The number of esters is 1. The molecule has 29 heavy (non-hydrogen) atoms. The van der Waals surface area contributed by atoms with E-state index < -0.39 is 40.4 Å². The average molecular weight is 401 g/mol. The van der Waals surface area contributed by atoms with Crippen LogP contribution in [0.3, 0.4) is 0 Å². The van der Waals surface area contributed by atoms with Gasteiger partial charge in [-0.25, -0.2) is 22.4 Å². The minimum atomic E-state index is -1.27. The first-order valence-corrected chi connectivity index (χ1v) is 8.87. The molecule has 0 atom stereocenters. The summed E-state index contributed by atoms with van der Waals surface area (Å²) in [5.41, 5.74) is -1.14. The lowest BCUT2D eigenvalue weighted by molar-refractivity contribution is 0.0725. The molecule has 3 aromatic rings. The van der Waals surface area contributed by atoms with E-state index in [1.54, 1.807) is 0 Å². The number of benzene rings is 3. The second-order valence-corrected chi connectivity index (χ2v) is 6.47. The fraction of sp³-hybridized carbons (Fsp3) is 0.182. The zero-order chi connectivity index (χ0) is 21.1. The lowest BCUT2D eigenvalue weighted by Gasteiger charge is -2.10. The van der Waals surface area contributed by atoms with Crippen molar-refractivity contribution in [2.45, 2.75) is 26.2 Å². The molecule has 0 heterocycles. The van der Waals surface area contributed by atoms with Gasteiger partial charge in [0.1, 0.15) is 40.4 Å². The van der Waals surface area contributed by atoms with Crippen LogP contribution < -0.4 is 4.74 Å². The van der Waals surface area contributed by atoms with E-state index in [2.05, 4.69) is 0 Å². The number of fused-ring (bicyclic) bond motifs is 1. The summed E-state index contributed by atoms with van der Waals surface area (Å²) in [6.07, 6.45) is 2.08. The molecule has 0 aliphatic rings. The largest absolute Gasteiger partial charge is 0.423 e. The lowest BCUT2D eigenvalue weighted by Crippen LogP contribution is -2.14. The highest BCUT2D eigenvalue weighted by Gasteiger charge is 2.21. The number of nitrogens with zero attached hydrogens (tertiary/aromatic N) is 1. The van der Waals surface area contributed by atoms with Crippen molar-refractivity contribution in [2.24, 2.45) is 0 Å². The number of halogens is 4. The molecule has 0 aliphatic heterocycles. The summed E-state index contributed by atoms with van der Waals surface area (Å²) in [5.74, 6) is -5.62. The van der Waals surface area contributed by atoms with Gasteiger partial charge in [-0.15, -0.1) is 0 Å². The van der Waals surface area contributed by atoms with Crippen molar-refractivity contribution in [3.63, 3.8) is 0 Å². The first-order chi connectivity index (χ1) is 13.8. The topological polar surface area (TPSA) is 50.1 Å². The van der Waals surface area contributed by atoms with E-state index in [0.717, 1.165) is 37.1 Å². The summed E-state index contributed by atoms with van der Waals surface area (Å²) in [6, 6.07) is 8.05. The Hall–Kier alpha value is -3.40. The van der Waals surface area contributed by atoms with Crippen LogP contribution in [0.15, 0.2) is 36.4 Å². The monoisotopic (exact) mass is 401 g/mol. The number of unbranched alkanes of at least 4 members (excludes halogenated alkanes) is 1. The van der Waals surface area contributed by atoms with Crippen molar-refractivity contribution >= 4 is 16.7 Å². The van der Waals surface area contributed by atoms with Crippen LogP contribution in [0.4, 0.5) is 17.6 Å². The minimum Gasteiger partial charge on any atom is -0.423 e. The number of carbonyl (C=O) groups excluding carboxylic acids is 1. The second kappa shape index (κ2) is 8.31. The molecule has 0 saturated heterocycles. The molecule has 0 amide bonds. The van der Waals surface area contributed by atoms with Gasteiger partial charge in [-0.05, 0) is 60.2 Å². The quantitative estimate of drug-likeness (QED) is 0.307. The zero-order valence-corrected chi connectivity index (χ0v) is 15.4. The summed E-state index contributed by atoms with van der Waals surface area (Å²) < 4.78 is 61.5. The van der Waals surface area contributed by atoms with E-state index in [1.807, 2.05) is 6.92 Å². The summed E-state index contributed by atoms with van der Waals surface area (Å²) in [4.78, 5) is 12.3. The second-order valence-electron chi connectivity index (χ2n) is 6.47. The maximum atomic E-state index is 14.3. The number of nitriles is 1. The molecule has 0 unspecified atom stereocenters. The number of aryl methyl sites for hydroxylation is 1. The molecule has 3 rings (SSSR count). The Kier molecular flexibility index (Phi) is 5.83. The predicted molar refractivity (Wildman–Crippen MR) is 98.5 cm³/mol. The summed E-state index contributed by atoms with van der Waals surface area (Å²) in [6.45, 7) is 1.95. The lowest BCUT2D eigenvalue weighted by atomic mass is 10.0. The molecular weight excluding hydrogens is 386 g/mol. The number of hydrogen-bond donors (Lipinski definition) is 0. The SMILES string of the molecule is CCCCc1cc(F)c(C(=O)Oc2ccc3c(F)c(C#N)c(F)cc3c2)c(F)c1. The summed E-state index contributed by atoms with van der Waals surface area (Å²) in [7, 11) is 0. The minimum absolute atomic E-state index is 0.0279. The molecule has 0 fully saturated rings. The van der Waals surface area contributed by atoms with Crippen LogP contribution >= 0.6 is 0 Å². The van der Waals surface area contributed by atoms with Gasteiger partial charge >= 0.3 is 5.97 Å². The fourth-order valence-electron chi connectivity index (χ4n) is 2.98. The molecule has 0 aliphatic carbocycles. The van der Waals surface area contributed by atoms with Gasteiger partial charge in [0, 0.05) is 5.39 Å². The molecule has 0 radical (unpaired) electrons. The third-order valence-electron chi connectivity index (χ3n) is 4.45. The van der Waals surface area contributed by atoms with Crippen molar-refractivity contribution in [3.05, 3.63) is 76.4 Å². The van der Waals surface area contributed by atoms with E-state index in [9.17, 15) is 22.4 Å². The third-order valence-corrected chi connectivity index (χ3v) is 4.45. The van der Waals surface area contributed by atoms with Crippen LogP contribution in [0.25, 0.3) is 10.8 Å². The molecular formula is C22H15F4NO2. The van der Waals surface area contributed by atoms with Crippen molar-refractivity contribution in [1.29, 1.82) is 5.26 Å². The number of carbonyl (C=O) groups is 1. The number of hydrogen-bond acceptors (Lipinski definition) is 3. The highest BCUT2D eigenvalue weighted by molar-refractivity contribution is 5.93. The molecule has 148 valence electrons. The molecule has 0 N–H and O–H groups in total. The summed E-state index contributed by atoms with van der Waals surface area (Å²) in [5, 5.41) is 8.78. The smallest absolute Gasteiger partial charge is 0.349 e. The van der Waals surface area contributed by atoms with Crippen molar-refractivity contribution in [1.82, 2.24) is 0 Å². The molecule has 3 aromatic carbocycles. The Morgan fingerprint density at radius 1 is 1.03 bits per heavy atom. The summed E-state index contributed by atoms with van der Waals surface area (Å²) >= 11 is 0. The highest BCUT2D eigenvalue weighted by Crippen LogP contribution is 2.28. The molecule has 7 heteroatoms. The van der Waals surface area contributed by atoms with Crippen molar-refractivity contribution < 1.29 is 27.1 Å². The molecule has 0 bridgehead atoms. The van der Waals surface area contributed by atoms with Gasteiger partial charge < -0.3 is 4.74 Å². The van der Waals surface area contributed by atoms with E-state index in [0.29, 0.717) is 12.0 Å². The van der Waals surface area contributed by atoms with Crippen LogP contribution in [0.1, 0.15) is 41.3 Å². The Morgan fingerprint density at radius 3 is 2.34 bits per heavy atom. The van der Waals surface area contributed by atoms with E-state index in [4.69, 9.17) is 10.00 Å². The normalized spacial score (nSPS) is 10.8. The van der Waals surface area contributed by atoms with E-state index >= 15 is 0 Å². The average Bonchev–Trinajstić information content (AvgIpc) is 2.66. The van der Waals surface area contributed by atoms with E-state index in [1.165, 1.54) is 18.2 Å². The van der Waals surface area contributed by atoms with Crippen molar-refractivity contribution in [3.8, 4) is 11.8 Å². The first kappa shape index (κ1) is 20.3. The Bertz CT molecular complexity index is 1130. The highest BCUT2D eigenvalue weighted by atomic mass is 19.1. The van der Waals surface area contributed by atoms with Gasteiger partial charge in [0.2, 0.25) is 0 Å².